The molecule has 4 rings (SSSR count). The van der Waals surface area contributed by atoms with Crippen LogP contribution in [0.25, 0.3) is 0 Å². The van der Waals surface area contributed by atoms with Crippen molar-refractivity contribution < 1.29 is 57.5 Å². The molecule has 0 radical (unpaired) electrons. The Bertz CT molecular complexity index is 870. The molecule has 0 unspecified atom stereocenters. The largest absolute Gasteiger partial charge is 1.00 e. The second-order valence-corrected chi connectivity index (χ2v) is 14.1. The number of nitrogens with one attached hydrogen (secondary N) is 1. The minimum Gasteiger partial charge on any atom is -0.748 e. The molecule has 0 aromatic carbocycles. The molecule has 0 aliphatic heterocycles. The summed E-state index contributed by atoms with van der Waals surface area (Å²) in [5.74, 6) is 2.17. The van der Waals surface area contributed by atoms with E-state index < -0.39 is 15.9 Å². The summed E-state index contributed by atoms with van der Waals surface area (Å²) in [4.78, 5) is 12.2. The van der Waals surface area contributed by atoms with Crippen molar-refractivity contribution in [2.24, 2.45) is 46.3 Å². The first-order valence-corrected chi connectivity index (χ1v) is 15.0. The van der Waals surface area contributed by atoms with Crippen LogP contribution >= 0.6 is 0 Å². The molecular weight excluding hydrogens is 477 g/mol. The van der Waals surface area contributed by atoms with Crippen LogP contribution in [0.15, 0.2) is 0 Å². The summed E-state index contributed by atoms with van der Waals surface area (Å²) in [5.41, 5.74) is 0.354. The summed E-state index contributed by atoms with van der Waals surface area (Å²) in [5, 5.41) is 24.0. The van der Waals surface area contributed by atoms with E-state index in [4.69, 9.17) is 0 Å². The molecular formula is C26H44NNaO6S. The van der Waals surface area contributed by atoms with E-state index in [0.29, 0.717) is 36.0 Å². The first kappa shape index (κ1) is 29.9. The van der Waals surface area contributed by atoms with Crippen molar-refractivity contribution in [1.29, 1.82) is 0 Å². The molecule has 4 saturated carbocycles. The zero-order chi connectivity index (χ0) is 24.9. The van der Waals surface area contributed by atoms with Gasteiger partial charge in [-0.3, -0.25) is 4.79 Å². The van der Waals surface area contributed by atoms with E-state index in [-0.39, 0.29) is 71.0 Å². The van der Waals surface area contributed by atoms with Crippen LogP contribution in [0.1, 0.15) is 85.0 Å². The minimum atomic E-state index is -4.31. The van der Waals surface area contributed by atoms with E-state index in [1.54, 1.807) is 0 Å². The fourth-order valence-corrected chi connectivity index (χ4v) is 9.57. The normalized spacial score (nSPS) is 43.8. The zero-order valence-corrected chi connectivity index (χ0v) is 24.9. The molecule has 1 amide bonds. The Balaban J connectivity index is 0.00000342. The quantitative estimate of drug-likeness (QED) is 0.321. The number of rotatable bonds is 7. The van der Waals surface area contributed by atoms with Crippen molar-refractivity contribution >= 4 is 16.0 Å². The molecule has 4 fully saturated rings. The van der Waals surface area contributed by atoms with Gasteiger partial charge in [0.1, 0.15) is 0 Å². The van der Waals surface area contributed by atoms with Crippen molar-refractivity contribution in [1.82, 2.24) is 5.32 Å². The molecule has 4 aliphatic rings. The molecule has 0 aromatic rings. The maximum atomic E-state index is 12.2. The molecule has 196 valence electrons. The summed E-state index contributed by atoms with van der Waals surface area (Å²) in [6.45, 7) is 6.96. The van der Waals surface area contributed by atoms with Gasteiger partial charge in [0.15, 0.2) is 0 Å². The number of hydrogen-bond donors (Lipinski definition) is 3. The SMILES string of the molecule is C[C@H](CCC(=O)NCCS(=O)(=O)[O-])[C@H]1CC[C@H]2[C@@H]3C[C@@H](O)[C@@H]4C[C@H](O)CC[C@]4(C)[C@H]3CC[C@]12C.[Na+]. The Morgan fingerprint density at radius 3 is 2.37 bits per heavy atom. The number of carbonyl (C=O) groups excluding carboxylic acids is 1. The maximum Gasteiger partial charge on any atom is 1.00 e. The van der Waals surface area contributed by atoms with Gasteiger partial charge in [-0.15, -0.1) is 0 Å². The van der Waals surface area contributed by atoms with Gasteiger partial charge < -0.3 is 20.1 Å². The molecule has 3 N–H and O–H groups in total. The Labute approximate surface area is 233 Å². The number of amides is 1. The number of aliphatic hydroxyl groups excluding tert-OH is 2. The smallest absolute Gasteiger partial charge is 0.748 e. The van der Waals surface area contributed by atoms with Gasteiger partial charge in [-0.05, 0) is 104 Å². The Morgan fingerprint density at radius 2 is 1.69 bits per heavy atom. The Hall–Kier alpha value is 0.300. The van der Waals surface area contributed by atoms with Gasteiger partial charge in [-0.2, -0.15) is 0 Å². The van der Waals surface area contributed by atoms with Crippen LogP contribution in [0.4, 0.5) is 0 Å². The van der Waals surface area contributed by atoms with Crippen LogP contribution in [-0.4, -0.2) is 53.6 Å². The average molecular weight is 522 g/mol. The van der Waals surface area contributed by atoms with Gasteiger partial charge in [-0.25, -0.2) is 8.42 Å². The van der Waals surface area contributed by atoms with Crippen molar-refractivity contribution in [2.45, 2.75) is 97.2 Å². The maximum absolute atomic E-state index is 12.2. The minimum absolute atomic E-state index is 0. The average Bonchev–Trinajstić information content (AvgIpc) is 3.10. The van der Waals surface area contributed by atoms with Crippen LogP contribution < -0.4 is 34.9 Å². The third-order valence-corrected chi connectivity index (χ3v) is 11.6. The van der Waals surface area contributed by atoms with Crippen molar-refractivity contribution in [3.05, 3.63) is 0 Å². The monoisotopic (exact) mass is 521 g/mol. The van der Waals surface area contributed by atoms with Gasteiger partial charge in [0.25, 0.3) is 0 Å². The summed E-state index contributed by atoms with van der Waals surface area (Å²) < 4.78 is 32.2. The number of aliphatic hydroxyl groups is 2. The first-order valence-electron chi connectivity index (χ1n) is 13.4. The van der Waals surface area contributed by atoms with E-state index in [9.17, 15) is 28.0 Å². The third-order valence-electron chi connectivity index (χ3n) is 10.9. The van der Waals surface area contributed by atoms with Gasteiger partial charge in [-0.1, -0.05) is 20.8 Å². The standard InChI is InChI=1S/C26H45NO6S.Na/c1-16(4-7-24(30)27-12-13-34(31,32)33)19-5-6-20-18-15-23(29)22-14-17(28)8-10-26(22,3)21(18)9-11-25(19,20)2;/h16-23,28-29H,4-15H2,1-3H3,(H,27,30)(H,31,32,33);/q;+1/p-1/t16-,17-,18+,19-,20+,21+,22+,23-,25-,26-;/m1./s1. The van der Waals surface area contributed by atoms with Crippen LogP contribution in [0, 0.1) is 46.3 Å². The fourth-order valence-electron chi connectivity index (χ4n) is 9.22. The van der Waals surface area contributed by atoms with Crippen LogP contribution in [0.3, 0.4) is 0 Å². The molecule has 0 bridgehead atoms. The van der Waals surface area contributed by atoms with E-state index in [1.165, 1.54) is 19.3 Å². The molecule has 10 atom stereocenters. The van der Waals surface area contributed by atoms with Crippen molar-refractivity contribution in [3.8, 4) is 0 Å². The molecule has 0 spiro atoms. The molecule has 0 heterocycles. The van der Waals surface area contributed by atoms with Gasteiger partial charge >= 0.3 is 29.6 Å². The number of fused-ring (bicyclic) bond motifs is 5. The Morgan fingerprint density at radius 1 is 1.03 bits per heavy atom. The molecule has 4 aliphatic carbocycles. The number of hydrogen-bond acceptors (Lipinski definition) is 6. The molecule has 7 nitrogen and oxygen atoms in total. The van der Waals surface area contributed by atoms with Gasteiger partial charge in [0, 0.05) is 13.0 Å². The summed E-state index contributed by atoms with van der Waals surface area (Å²) in [7, 11) is -4.31. The first-order chi connectivity index (χ1) is 15.8. The van der Waals surface area contributed by atoms with E-state index >= 15 is 0 Å². The number of carbonyl (C=O) groups is 1. The topological polar surface area (TPSA) is 127 Å². The van der Waals surface area contributed by atoms with E-state index in [0.717, 1.165) is 38.5 Å². The van der Waals surface area contributed by atoms with E-state index in [2.05, 4.69) is 26.1 Å². The fraction of sp³-hybridized carbons (Fsp3) is 0.962. The van der Waals surface area contributed by atoms with E-state index in [1.807, 2.05) is 0 Å². The summed E-state index contributed by atoms with van der Waals surface area (Å²) in [6, 6.07) is 0. The van der Waals surface area contributed by atoms with Crippen molar-refractivity contribution in [2.75, 3.05) is 12.3 Å². The van der Waals surface area contributed by atoms with Crippen LogP contribution in [-0.2, 0) is 14.9 Å². The van der Waals surface area contributed by atoms with Crippen LogP contribution in [0.2, 0.25) is 0 Å². The molecule has 35 heavy (non-hydrogen) atoms. The predicted octanol–water partition coefficient (Wildman–Crippen LogP) is 0.0587. The summed E-state index contributed by atoms with van der Waals surface area (Å²) >= 11 is 0. The second kappa shape index (κ2) is 11.2. The van der Waals surface area contributed by atoms with Gasteiger partial charge in [0.2, 0.25) is 5.91 Å². The van der Waals surface area contributed by atoms with Crippen molar-refractivity contribution in [3.63, 3.8) is 0 Å². The molecule has 9 heteroatoms. The van der Waals surface area contributed by atoms with Crippen LogP contribution in [0.5, 0.6) is 0 Å². The zero-order valence-electron chi connectivity index (χ0n) is 22.0. The molecule has 0 aromatic heterocycles. The summed E-state index contributed by atoms with van der Waals surface area (Å²) in [6.07, 6.45) is 8.75. The Kier molecular flexibility index (Phi) is 9.54. The third kappa shape index (κ3) is 5.99. The second-order valence-electron chi connectivity index (χ2n) is 12.6. The predicted molar refractivity (Wildman–Crippen MR) is 129 cm³/mol. The molecule has 0 saturated heterocycles. The van der Waals surface area contributed by atoms with Gasteiger partial charge in [0.05, 0.1) is 28.1 Å².